The average molecular weight is 1150 g/mol. The largest absolute Gasteiger partial charge is 0.462 e. The van der Waals surface area contributed by atoms with Gasteiger partial charge < -0.3 is 14.2 Å². The van der Waals surface area contributed by atoms with Crippen molar-refractivity contribution in [2.45, 2.75) is 393 Å². The summed E-state index contributed by atoms with van der Waals surface area (Å²) in [4.78, 5) is 38.5. The third-order valence-corrected chi connectivity index (χ3v) is 16.2. The molecule has 0 amide bonds. The van der Waals surface area contributed by atoms with Crippen molar-refractivity contribution in [2.75, 3.05) is 13.2 Å². The molecule has 0 aliphatic carbocycles. The molecule has 82 heavy (non-hydrogen) atoms. The fraction of sp³-hybridized carbons (Fsp3) is 0.829. The van der Waals surface area contributed by atoms with E-state index in [1.54, 1.807) is 0 Å². The standard InChI is InChI=1S/C76H138O6/c1-4-7-10-13-16-19-22-25-28-30-32-34-35-36-37-38-39-40-41-43-44-46-48-51-54-57-60-63-66-69-75(78)81-72-73(71-80-74(77)68-65-62-59-56-53-50-27-24-21-18-15-12-9-6-3)82-76(79)70-67-64-61-58-55-52-49-47-45-42-33-31-29-26-23-20-17-14-11-8-5-2/h22-27,30-33,73H,4-21,28-29,34-72H2,1-3H3/b25-22-,26-23-,27-24-,32-30-,33-31-. The predicted molar refractivity (Wildman–Crippen MR) is 358 cm³/mol. The van der Waals surface area contributed by atoms with Crippen LogP contribution < -0.4 is 0 Å². The molecule has 0 aliphatic rings. The molecule has 0 saturated heterocycles. The summed E-state index contributed by atoms with van der Waals surface area (Å²) in [5.74, 6) is -0.864. The van der Waals surface area contributed by atoms with Gasteiger partial charge in [-0.05, 0) is 109 Å². The van der Waals surface area contributed by atoms with Crippen LogP contribution >= 0.6 is 0 Å². The molecule has 0 N–H and O–H groups in total. The molecule has 0 aromatic carbocycles. The number of rotatable bonds is 67. The first-order chi connectivity index (χ1) is 40.5. The Morgan fingerprint density at radius 3 is 0.683 bits per heavy atom. The molecule has 0 heterocycles. The number of ether oxygens (including phenoxy) is 3. The maximum absolute atomic E-state index is 13.0. The number of carbonyl (C=O) groups is 3. The number of unbranched alkanes of at least 4 members (excludes halogenated alkanes) is 46. The van der Waals surface area contributed by atoms with Crippen molar-refractivity contribution in [1.82, 2.24) is 0 Å². The highest BCUT2D eigenvalue weighted by Crippen LogP contribution is 2.18. The molecule has 1 atom stereocenters. The Balaban J connectivity index is 4.24. The molecule has 0 fully saturated rings. The van der Waals surface area contributed by atoms with E-state index in [1.165, 1.54) is 270 Å². The van der Waals surface area contributed by atoms with Gasteiger partial charge in [-0.25, -0.2) is 0 Å². The Morgan fingerprint density at radius 2 is 0.439 bits per heavy atom. The van der Waals surface area contributed by atoms with Crippen molar-refractivity contribution in [3.63, 3.8) is 0 Å². The van der Waals surface area contributed by atoms with Crippen molar-refractivity contribution in [3.05, 3.63) is 60.8 Å². The highest BCUT2D eigenvalue weighted by atomic mass is 16.6. The van der Waals surface area contributed by atoms with E-state index in [1.807, 2.05) is 0 Å². The number of carbonyl (C=O) groups excluding carboxylic acids is 3. The molecule has 1 unspecified atom stereocenters. The molecule has 0 spiro atoms. The smallest absolute Gasteiger partial charge is 0.306 e. The minimum absolute atomic E-state index is 0.0750. The quantitative estimate of drug-likeness (QED) is 0.0261. The summed E-state index contributed by atoms with van der Waals surface area (Å²) in [7, 11) is 0. The van der Waals surface area contributed by atoms with Crippen LogP contribution in [0, 0.1) is 0 Å². The Kier molecular flexibility index (Phi) is 68.1. The van der Waals surface area contributed by atoms with Crippen LogP contribution in [0.2, 0.25) is 0 Å². The summed E-state index contributed by atoms with van der Waals surface area (Å²) in [6.45, 7) is 6.66. The molecule has 478 valence electrons. The second-order valence-electron chi connectivity index (χ2n) is 24.5. The van der Waals surface area contributed by atoms with Gasteiger partial charge in [-0.3, -0.25) is 14.4 Å². The zero-order valence-corrected chi connectivity index (χ0v) is 55.0. The zero-order valence-electron chi connectivity index (χ0n) is 55.0. The highest BCUT2D eigenvalue weighted by molar-refractivity contribution is 5.71. The molecular formula is C76H138O6. The third-order valence-electron chi connectivity index (χ3n) is 16.2. The van der Waals surface area contributed by atoms with Crippen LogP contribution in [-0.2, 0) is 28.6 Å². The summed E-state index contributed by atoms with van der Waals surface area (Å²) < 4.78 is 17.0. The average Bonchev–Trinajstić information content (AvgIpc) is 3.47. The minimum Gasteiger partial charge on any atom is -0.462 e. The lowest BCUT2D eigenvalue weighted by molar-refractivity contribution is -0.167. The molecule has 0 aromatic heterocycles. The summed E-state index contributed by atoms with van der Waals surface area (Å²) in [5, 5.41) is 0. The van der Waals surface area contributed by atoms with E-state index >= 15 is 0 Å². The van der Waals surface area contributed by atoms with E-state index in [4.69, 9.17) is 14.2 Å². The maximum Gasteiger partial charge on any atom is 0.306 e. The molecule has 0 bridgehead atoms. The molecule has 0 radical (unpaired) electrons. The van der Waals surface area contributed by atoms with Crippen molar-refractivity contribution >= 4 is 17.9 Å². The Morgan fingerprint density at radius 1 is 0.244 bits per heavy atom. The topological polar surface area (TPSA) is 78.9 Å². The van der Waals surface area contributed by atoms with Crippen LogP contribution in [0.5, 0.6) is 0 Å². The second-order valence-corrected chi connectivity index (χ2v) is 24.5. The van der Waals surface area contributed by atoms with E-state index in [-0.39, 0.29) is 31.1 Å². The molecule has 0 aromatic rings. The first-order valence-corrected chi connectivity index (χ1v) is 36.3. The van der Waals surface area contributed by atoms with Crippen LogP contribution in [-0.4, -0.2) is 37.2 Å². The normalized spacial score (nSPS) is 12.4. The number of hydrogen-bond donors (Lipinski definition) is 0. The number of allylic oxidation sites excluding steroid dienone is 10. The van der Waals surface area contributed by atoms with Gasteiger partial charge in [0.15, 0.2) is 6.10 Å². The number of esters is 3. The molecule has 6 heteroatoms. The fourth-order valence-electron chi connectivity index (χ4n) is 10.7. The van der Waals surface area contributed by atoms with Gasteiger partial charge in [-0.15, -0.1) is 0 Å². The Hall–Kier alpha value is -2.89. The van der Waals surface area contributed by atoms with E-state index in [0.29, 0.717) is 19.3 Å². The Labute approximate surface area is 510 Å². The van der Waals surface area contributed by atoms with Gasteiger partial charge in [0, 0.05) is 19.3 Å². The van der Waals surface area contributed by atoms with Crippen LogP contribution in [0.3, 0.4) is 0 Å². The van der Waals surface area contributed by atoms with E-state index < -0.39 is 6.10 Å². The van der Waals surface area contributed by atoms with Crippen molar-refractivity contribution in [3.8, 4) is 0 Å². The summed E-state index contributed by atoms with van der Waals surface area (Å²) in [6, 6.07) is 0. The molecule has 0 rings (SSSR count). The van der Waals surface area contributed by atoms with E-state index in [2.05, 4.69) is 81.5 Å². The van der Waals surface area contributed by atoms with E-state index in [0.717, 1.165) is 77.0 Å². The van der Waals surface area contributed by atoms with Gasteiger partial charge in [0.1, 0.15) is 13.2 Å². The third kappa shape index (κ3) is 67.9. The highest BCUT2D eigenvalue weighted by Gasteiger charge is 2.19. The van der Waals surface area contributed by atoms with Crippen molar-refractivity contribution in [2.24, 2.45) is 0 Å². The Bertz CT molecular complexity index is 1460. The maximum atomic E-state index is 13.0. The van der Waals surface area contributed by atoms with Gasteiger partial charge in [0.05, 0.1) is 0 Å². The monoisotopic (exact) mass is 1150 g/mol. The minimum atomic E-state index is -0.780. The number of hydrogen-bond acceptors (Lipinski definition) is 6. The summed E-state index contributed by atoms with van der Waals surface area (Å²) in [6.07, 6.45) is 91.1. The van der Waals surface area contributed by atoms with Crippen LogP contribution in [0.15, 0.2) is 60.8 Å². The predicted octanol–water partition coefficient (Wildman–Crippen LogP) is 25.1. The molecule has 0 saturated carbocycles. The lowest BCUT2D eigenvalue weighted by Gasteiger charge is -2.18. The second kappa shape index (κ2) is 70.6. The lowest BCUT2D eigenvalue weighted by Crippen LogP contribution is -2.30. The summed E-state index contributed by atoms with van der Waals surface area (Å²) >= 11 is 0. The van der Waals surface area contributed by atoms with Gasteiger partial charge in [0.25, 0.3) is 0 Å². The van der Waals surface area contributed by atoms with Crippen LogP contribution in [0.25, 0.3) is 0 Å². The SMILES string of the molecule is CCCCCCC/C=C\C/C=C\CCCCCCCCCCCCCCCCCCCC(=O)OCC(COC(=O)CCCCCCC/C=C\CCCCCCC)OC(=O)CCCCCCCCCCC/C=C\C/C=C\CCCCCCC. The van der Waals surface area contributed by atoms with E-state index in [9.17, 15) is 14.4 Å². The van der Waals surface area contributed by atoms with Gasteiger partial charge in [-0.2, -0.15) is 0 Å². The van der Waals surface area contributed by atoms with Gasteiger partial charge in [0.2, 0.25) is 0 Å². The molecule has 6 nitrogen and oxygen atoms in total. The van der Waals surface area contributed by atoms with Crippen LogP contribution in [0.4, 0.5) is 0 Å². The molecular weight excluding hydrogens is 1010 g/mol. The first-order valence-electron chi connectivity index (χ1n) is 36.3. The van der Waals surface area contributed by atoms with Gasteiger partial charge >= 0.3 is 17.9 Å². The first kappa shape index (κ1) is 79.1. The van der Waals surface area contributed by atoms with Crippen molar-refractivity contribution < 1.29 is 28.6 Å². The zero-order chi connectivity index (χ0) is 59.2. The fourth-order valence-corrected chi connectivity index (χ4v) is 10.7. The summed E-state index contributed by atoms with van der Waals surface area (Å²) in [5.41, 5.74) is 0. The van der Waals surface area contributed by atoms with Crippen molar-refractivity contribution in [1.29, 1.82) is 0 Å². The van der Waals surface area contributed by atoms with Crippen LogP contribution in [0.1, 0.15) is 387 Å². The van der Waals surface area contributed by atoms with Gasteiger partial charge in [-0.1, -0.05) is 319 Å². The lowest BCUT2D eigenvalue weighted by atomic mass is 10.0. The molecule has 0 aliphatic heterocycles.